The maximum atomic E-state index is 12.3. The molecular weight excluding hydrogens is 316 g/mol. The molecule has 0 saturated carbocycles. The molecule has 0 bridgehead atoms. The van der Waals surface area contributed by atoms with E-state index in [9.17, 15) is 9.59 Å². The Morgan fingerprint density at radius 1 is 1.20 bits per heavy atom. The Labute approximate surface area is 146 Å². The van der Waals surface area contributed by atoms with Crippen LogP contribution in [0.25, 0.3) is 0 Å². The summed E-state index contributed by atoms with van der Waals surface area (Å²) in [6, 6.07) is 14.9. The molecule has 1 amide bonds. The van der Waals surface area contributed by atoms with Crippen molar-refractivity contribution >= 4 is 23.3 Å². The topological polar surface area (TPSA) is 58.6 Å². The lowest BCUT2D eigenvalue weighted by molar-refractivity contribution is -0.113. The standard InChI is InChI=1S/C20H20N2O3/c1-3-25-20(24)15-5-4-6-16(11-15)21-17-12-19(23)22(13-17)18-9-7-14(2)8-10-18/h4-12,21H,3,13H2,1-2H3. The van der Waals surface area contributed by atoms with E-state index in [0.29, 0.717) is 18.7 Å². The molecule has 5 nitrogen and oxygen atoms in total. The number of carbonyl (C=O) groups excluding carboxylic acids is 2. The second-order valence-corrected chi connectivity index (χ2v) is 5.86. The fourth-order valence-corrected chi connectivity index (χ4v) is 2.66. The van der Waals surface area contributed by atoms with Gasteiger partial charge >= 0.3 is 5.97 Å². The largest absolute Gasteiger partial charge is 0.462 e. The van der Waals surface area contributed by atoms with Gasteiger partial charge in [0.25, 0.3) is 5.91 Å². The maximum Gasteiger partial charge on any atom is 0.338 e. The summed E-state index contributed by atoms with van der Waals surface area (Å²) in [5.41, 5.74) is 4.02. The number of nitrogens with zero attached hydrogens (tertiary/aromatic N) is 1. The van der Waals surface area contributed by atoms with Gasteiger partial charge in [-0.15, -0.1) is 0 Å². The van der Waals surface area contributed by atoms with Gasteiger partial charge < -0.3 is 15.0 Å². The first-order valence-electron chi connectivity index (χ1n) is 8.20. The van der Waals surface area contributed by atoms with E-state index in [0.717, 1.165) is 22.6 Å². The Bertz CT molecular complexity index is 825. The molecule has 0 fully saturated rings. The predicted molar refractivity (Wildman–Crippen MR) is 97.6 cm³/mol. The van der Waals surface area contributed by atoms with Gasteiger partial charge in [0.05, 0.1) is 18.7 Å². The Morgan fingerprint density at radius 3 is 2.68 bits per heavy atom. The predicted octanol–water partition coefficient (Wildman–Crippen LogP) is 3.51. The fraction of sp³-hybridized carbons (Fsp3) is 0.200. The average Bonchev–Trinajstić information content (AvgIpc) is 2.96. The van der Waals surface area contributed by atoms with Crippen LogP contribution in [0.2, 0.25) is 0 Å². The van der Waals surface area contributed by atoms with Crippen LogP contribution in [0.4, 0.5) is 11.4 Å². The van der Waals surface area contributed by atoms with E-state index in [4.69, 9.17) is 4.74 Å². The third kappa shape index (κ3) is 3.88. The minimum absolute atomic E-state index is 0.0621. The molecule has 0 aromatic heterocycles. The second kappa shape index (κ2) is 7.21. The van der Waals surface area contributed by atoms with Crippen molar-refractivity contribution in [2.75, 3.05) is 23.4 Å². The summed E-state index contributed by atoms with van der Waals surface area (Å²) in [6.45, 7) is 4.58. The van der Waals surface area contributed by atoms with Crippen LogP contribution in [0.5, 0.6) is 0 Å². The molecule has 0 aliphatic carbocycles. The van der Waals surface area contributed by atoms with Gasteiger partial charge in [-0.1, -0.05) is 23.8 Å². The molecule has 5 heteroatoms. The highest BCUT2D eigenvalue weighted by Gasteiger charge is 2.23. The summed E-state index contributed by atoms with van der Waals surface area (Å²) in [7, 11) is 0. The Kier molecular flexibility index (Phi) is 4.84. The summed E-state index contributed by atoms with van der Waals surface area (Å²) in [5.74, 6) is -0.420. The number of esters is 1. The van der Waals surface area contributed by atoms with Crippen molar-refractivity contribution < 1.29 is 14.3 Å². The van der Waals surface area contributed by atoms with Crippen LogP contribution in [0.15, 0.2) is 60.3 Å². The van der Waals surface area contributed by atoms with E-state index >= 15 is 0 Å². The molecule has 0 atom stereocenters. The van der Waals surface area contributed by atoms with E-state index in [1.54, 1.807) is 36.1 Å². The number of hydrogen-bond donors (Lipinski definition) is 1. The highest BCUT2D eigenvalue weighted by Crippen LogP contribution is 2.23. The molecule has 25 heavy (non-hydrogen) atoms. The normalized spacial score (nSPS) is 13.6. The SMILES string of the molecule is CCOC(=O)c1cccc(NC2=CC(=O)N(c3ccc(C)cc3)C2)c1. The number of benzene rings is 2. The fourth-order valence-electron chi connectivity index (χ4n) is 2.66. The van der Waals surface area contributed by atoms with Gasteiger partial charge in [-0.25, -0.2) is 4.79 Å². The maximum absolute atomic E-state index is 12.3. The zero-order valence-corrected chi connectivity index (χ0v) is 14.3. The molecule has 1 aliphatic rings. The van der Waals surface area contributed by atoms with Crippen molar-refractivity contribution in [1.82, 2.24) is 0 Å². The zero-order valence-electron chi connectivity index (χ0n) is 14.3. The van der Waals surface area contributed by atoms with Crippen LogP contribution in [-0.2, 0) is 9.53 Å². The lowest BCUT2D eigenvalue weighted by Gasteiger charge is -2.17. The highest BCUT2D eigenvalue weighted by atomic mass is 16.5. The summed E-state index contributed by atoms with van der Waals surface area (Å²) >= 11 is 0. The Morgan fingerprint density at radius 2 is 1.96 bits per heavy atom. The molecule has 128 valence electrons. The molecule has 2 aromatic carbocycles. The molecular formula is C20H20N2O3. The van der Waals surface area contributed by atoms with Gasteiger partial charge in [0.1, 0.15) is 0 Å². The van der Waals surface area contributed by atoms with E-state index in [1.165, 1.54) is 0 Å². The average molecular weight is 336 g/mol. The van der Waals surface area contributed by atoms with Crippen molar-refractivity contribution in [3.63, 3.8) is 0 Å². The Balaban J connectivity index is 1.71. The first-order valence-corrected chi connectivity index (χ1v) is 8.20. The first-order chi connectivity index (χ1) is 12.1. The van der Waals surface area contributed by atoms with E-state index in [2.05, 4.69) is 5.32 Å². The minimum Gasteiger partial charge on any atom is -0.462 e. The number of hydrogen-bond acceptors (Lipinski definition) is 4. The molecule has 1 aliphatic heterocycles. The summed E-state index contributed by atoms with van der Waals surface area (Å²) in [5, 5.41) is 3.21. The zero-order chi connectivity index (χ0) is 17.8. The van der Waals surface area contributed by atoms with Crippen molar-refractivity contribution in [2.45, 2.75) is 13.8 Å². The molecule has 1 heterocycles. The van der Waals surface area contributed by atoms with Crippen molar-refractivity contribution in [3.05, 3.63) is 71.4 Å². The smallest absolute Gasteiger partial charge is 0.338 e. The lowest BCUT2D eigenvalue weighted by Crippen LogP contribution is -2.26. The van der Waals surface area contributed by atoms with E-state index in [1.807, 2.05) is 37.3 Å². The molecule has 0 radical (unpaired) electrons. The van der Waals surface area contributed by atoms with Gasteiger partial charge in [0, 0.05) is 23.1 Å². The van der Waals surface area contributed by atoms with Crippen molar-refractivity contribution in [2.24, 2.45) is 0 Å². The molecule has 0 saturated heterocycles. The van der Waals surface area contributed by atoms with Crippen LogP contribution in [0, 0.1) is 6.92 Å². The number of ether oxygens (including phenoxy) is 1. The molecule has 1 N–H and O–H groups in total. The first kappa shape index (κ1) is 16.8. The monoisotopic (exact) mass is 336 g/mol. The summed E-state index contributed by atoms with van der Waals surface area (Å²) in [6.07, 6.45) is 1.58. The van der Waals surface area contributed by atoms with Crippen molar-refractivity contribution in [3.8, 4) is 0 Å². The number of carbonyl (C=O) groups is 2. The van der Waals surface area contributed by atoms with Gasteiger partial charge in [-0.3, -0.25) is 4.79 Å². The van der Waals surface area contributed by atoms with Gasteiger partial charge in [0.15, 0.2) is 0 Å². The molecule has 2 aromatic rings. The quantitative estimate of drug-likeness (QED) is 0.849. The third-order valence-electron chi connectivity index (χ3n) is 3.92. The third-order valence-corrected chi connectivity index (χ3v) is 3.92. The molecule has 0 spiro atoms. The van der Waals surface area contributed by atoms with Gasteiger partial charge in [0.2, 0.25) is 0 Å². The Hall–Kier alpha value is -3.08. The van der Waals surface area contributed by atoms with Gasteiger partial charge in [-0.05, 0) is 44.2 Å². The summed E-state index contributed by atoms with van der Waals surface area (Å²) < 4.78 is 5.01. The van der Waals surface area contributed by atoms with Gasteiger partial charge in [-0.2, -0.15) is 0 Å². The molecule has 3 rings (SSSR count). The number of anilines is 2. The van der Waals surface area contributed by atoms with Crippen molar-refractivity contribution in [1.29, 1.82) is 0 Å². The van der Waals surface area contributed by atoms with E-state index < -0.39 is 0 Å². The van der Waals surface area contributed by atoms with Crippen LogP contribution in [0.3, 0.4) is 0 Å². The minimum atomic E-state index is -0.357. The number of nitrogens with one attached hydrogen (secondary N) is 1. The number of amides is 1. The second-order valence-electron chi connectivity index (χ2n) is 5.86. The highest BCUT2D eigenvalue weighted by molar-refractivity contribution is 6.05. The number of rotatable bonds is 5. The van der Waals surface area contributed by atoms with Crippen LogP contribution < -0.4 is 10.2 Å². The van der Waals surface area contributed by atoms with Crippen LogP contribution >= 0.6 is 0 Å². The van der Waals surface area contributed by atoms with E-state index in [-0.39, 0.29) is 11.9 Å². The van der Waals surface area contributed by atoms with Crippen LogP contribution in [-0.4, -0.2) is 25.0 Å². The molecule has 0 unspecified atom stereocenters. The van der Waals surface area contributed by atoms with Crippen LogP contribution in [0.1, 0.15) is 22.8 Å². The number of aryl methyl sites for hydroxylation is 1. The summed E-state index contributed by atoms with van der Waals surface area (Å²) in [4.78, 5) is 25.8. The lowest BCUT2D eigenvalue weighted by atomic mass is 10.2.